The van der Waals surface area contributed by atoms with Crippen molar-refractivity contribution in [1.29, 1.82) is 0 Å². The van der Waals surface area contributed by atoms with E-state index in [2.05, 4.69) is 16.0 Å². The molecule has 2 heterocycles. The molecule has 2 saturated heterocycles. The van der Waals surface area contributed by atoms with E-state index >= 15 is 0 Å². The van der Waals surface area contributed by atoms with E-state index in [1.54, 1.807) is 0 Å². The zero-order valence-corrected chi connectivity index (χ0v) is 13.9. The van der Waals surface area contributed by atoms with Gasteiger partial charge in [-0.1, -0.05) is 23.7 Å². The standard InChI is InChI=1S/C17H24ClN3O2/c18-14-5-3-13(4-6-14)16-15(2-1-9-23-16)21-17(22)20-11-12-7-8-19-10-12/h3-6,12,15-16,19H,1-2,7-11H2,(H2,20,21,22)/t12?,15-,16+/m1/s1. The predicted octanol–water partition coefficient (Wildman–Crippen LogP) is 2.47. The minimum Gasteiger partial charge on any atom is -0.371 e. The summed E-state index contributed by atoms with van der Waals surface area (Å²) in [6, 6.07) is 7.54. The van der Waals surface area contributed by atoms with Gasteiger partial charge in [0, 0.05) is 18.2 Å². The Balaban J connectivity index is 1.55. The number of carbonyl (C=O) groups is 1. The van der Waals surface area contributed by atoms with Crippen LogP contribution in [-0.2, 0) is 4.74 Å². The summed E-state index contributed by atoms with van der Waals surface area (Å²) in [5, 5.41) is 10.1. The number of hydrogen-bond acceptors (Lipinski definition) is 3. The summed E-state index contributed by atoms with van der Waals surface area (Å²) < 4.78 is 5.90. The first-order chi connectivity index (χ1) is 11.2. The van der Waals surface area contributed by atoms with Crippen LogP contribution in [0.25, 0.3) is 0 Å². The maximum atomic E-state index is 12.2. The second kappa shape index (κ2) is 7.99. The van der Waals surface area contributed by atoms with Crippen LogP contribution >= 0.6 is 11.6 Å². The molecule has 6 heteroatoms. The van der Waals surface area contributed by atoms with Gasteiger partial charge in [-0.2, -0.15) is 0 Å². The van der Waals surface area contributed by atoms with Gasteiger partial charge >= 0.3 is 6.03 Å². The number of halogens is 1. The number of urea groups is 1. The van der Waals surface area contributed by atoms with Crippen LogP contribution < -0.4 is 16.0 Å². The molecule has 2 fully saturated rings. The average molecular weight is 338 g/mol. The molecule has 2 amide bonds. The quantitative estimate of drug-likeness (QED) is 0.791. The van der Waals surface area contributed by atoms with Crippen molar-refractivity contribution in [3.05, 3.63) is 34.9 Å². The molecule has 1 aromatic rings. The van der Waals surface area contributed by atoms with E-state index in [1.807, 2.05) is 24.3 Å². The van der Waals surface area contributed by atoms with E-state index < -0.39 is 0 Å². The number of amides is 2. The molecular weight excluding hydrogens is 314 g/mol. The Morgan fingerprint density at radius 2 is 2.13 bits per heavy atom. The van der Waals surface area contributed by atoms with Gasteiger partial charge in [0.25, 0.3) is 0 Å². The van der Waals surface area contributed by atoms with Crippen LogP contribution in [0.5, 0.6) is 0 Å². The predicted molar refractivity (Wildman–Crippen MR) is 90.7 cm³/mol. The molecule has 3 atom stereocenters. The van der Waals surface area contributed by atoms with Crippen LogP contribution in [0.4, 0.5) is 4.79 Å². The molecule has 2 aliphatic rings. The molecule has 1 unspecified atom stereocenters. The lowest BCUT2D eigenvalue weighted by Gasteiger charge is -2.32. The summed E-state index contributed by atoms with van der Waals surface area (Å²) in [5.41, 5.74) is 1.05. The van der Waals surface area contributed by atoms with Gasteiger partial charge in [-0.05, 0) is 56.0 Å². The second-order valence-electron chi connectivity index (χ2n) is 6.30. The van der Waals surface area contributed by atoms with Crippen molar-refractivity contribution in [2.75, 3.05) is 26.2 Å². The van der Waals surface area contributed by atoms with E-state index in [1.165, 1.54) is 0 Å². The highest BCUT2D eigenvalue weighted by Crippen LogP contribution is 2.29. The smallest absolute Gasteiger partial charge is 0.315 e. The Morgan fingerprint density at radius 3 is 2.87 bits per heavy atom. The fourth-order valence-corrected chi connectivity index (χ4v) is 3.38. The van der Waals surface area contributed by atoms with Crippen molar-refractivity contribution < 1.29 is 9.53 Å². The van der Waals surface area contributed by atoms with Gasteiger partial charge in [-0.15, -0.1) is 0 Å². The van der Waals surface area contributed by atoms with Crippen LogP contribution in [0.3, 0.4) is 0 Å². The van der Waals surface area contributed by atoms with E-state index in [0.717, 1.165) is 51.1 Å². The van der Waals surface area contributed by atoms with Gasteiger partial charge in [-0.25, -0.2) is 4.79 Å². The largest absolute Gasteiger partial charge is 0.371 e. The van der Waals surface area contributed by atoms with Crippen LogP contribution in [0, 0.1) is 5.92 Å². The SMILES string of the molecule is O=C(NCC1CCNC1)N[C@@H]1CCCO[C@H]1c1ccc(Cl)cc1. The number of hydrogen-bond donors (Lipinski definition) is 3. The highest BCUT2D eigenvalue weighted by Gasteiger charge is 2.29. The molecule has 0 aliphatic carbocycles. The Labute approximate surface area is 142 Å². The minimum atomic E-state index is -0.111. The van der Waals surface area contributed by atoms with Crippen molar-refractivity contribution in [2.45, 2.75) is 31.4 Å². The first-order valence-corrected chi connectivity index (χ1v) is 8.72. The van der Waals surface area contributed by atoms with Crippen molar-refractivity contribution in [2.24, 2.45) is 5.92 Å². The molecule has 2 aliphatic heterocycles. The molecular formula is C17H24ClN3O2. The van der Waals surface area contributed by atoms with Gasteiger partial charge in [0.2, 0.25) is 0 Å². The van der Waals surface area contributed by atoms with E-state index in [9.17, 15) is 4.79 Å². The van der Waals surface area contributed by atoms with E-state index in [-0.39, 0.29) is 18.2 Å². The maximum absolute atomic E-state index is 12.2. The summed E-state index contributed by atoms with van der Waals surface area (Å²) in [5.74, 6) is 0.537. The molecule has 23 heavy (non-hydrogen) atoms. The van der Waals surface area contributed by atoms with Gasteiger partial charge in [0.1, 0.15) is 6.10 Å². The number of nitrogens with one attached hydrogen (secondary N) is 3. The van der Waals surface area contributed by atoms with Gasteiger partial charge in [-0.3, -0.25) is 0 Å². The molecule has 3 N–H and O–H groups in total. The van der Waals surface area contributed by atoms with Crippen LogP contribution in [0.1, 0.15) is 30.9 Å². The van der Waals surface area contributed by atoms with Crippen molar-refractivity contribution in [3.63, 3.8) is 0 Å². The normalized spacial score (nSPS) is 27.6. The fraction of sp³-hybridized carbons (Fsp3) is 0.588. The summed E-state index contributed by atoms with van der Waals surface area (Å²) in [4.78, 5) is 12.2. The number of ether oxygens (including phenoxy) is 1. The number of benzene rings is 1. The molecule has 1 aromatic carbocycles. The Morgan fingerprint density at radius 1 is 1.30 bits per heavy atom. The lowest BCUT2D eigenvalue weighted by atomic mass is 9.96. The minimum absolute atomic E-state index is 0.00775. The van der Waals surface area contributed by atoms with Gasteiger partial charge in [0.15, 0.2) is 0 Å². The zero-order chi connectivity index (χ0) is 16.1. The maximum Gasteiger partial charge on any atom is 0.315 e. The van der Waals surface area contributed by atoms with E-state index in [4.69, 9.17) is 16.3 Å². The molecule has 0 spiro atoms. The van der Waals surface area contributed by atoms with Crippen molar-refractivity contribution in [1.82, 2.24) is 16.0 Å². The summed E-state index contributed by atoms with van der Waals surface area (Å²) in [6.45, 7) is 3.47. The third-order valence-electron chi connectivity index (χ3n) is 4.55. The zero-order valence-electron chi connectivity index (χ0n) is 13.2. The van der Waals surface area contributed by atoms with Crippen LogP contribution in [0.2, 0.25) is 5.02 Å². The Kier molecular flexibility index (Phi) is 5.75. The molecule has 0 radical (unpaired) electrons. The van der Waals surface area contributed by atoms with Crippen molar-refractivity contribution >= 4 is 17.6 Å². The van der Waals surface area contributed by atoms with Gasteiger partial charge < -0.3 is 20.7 Å². The number of carbonyl (C=O) groups excluding carboxylic acids is 1. The third kappa shape index (κ3) is 4.59. The number of rotatable bonds is 4. The van der Waals surface area contributed by atoms with Crippen LogP contribution in [0.15, 0.2) is 24.3 Å². The van der Waals surface area contributed by atoms with E-state index in [0.29, 0.717) is 10.9 Å². The summed E-state index contributed by atoms with van der Waals surface area (Å²) >= 11 is 5.95. The second-order valence-corrected chi connectivity index (χ2v) is 6.74. The molecule has 5 nitrogen and oxygen atoms in total. The lowest BCUT2D eigenvalue weighted by molar-refractivity contribution is -0.00743. The average Bonchev–Trinajstić information content (AvgIpc) is 3.08. The first-order valence-electron chi connectivity index (χ1n) is 8.34. The lowest BCUT2D eigenvalue weighted by Crippen LogP contribution is -2.48. The summed E-state index contributed by atoms with van der Waals surface area (Å²) in [6.07, 6.45) is 2.90. The highest BCUT2D eigenvalue weighted by molar-refractivity contribution is 6.30. The highest BCUT2D eigenvalue weighted by atomic mass is 35.5. The molecule has 126 valence electrons. The van der Waals surface area contributed by atoms with Crippen LogP contribution in [-0.4, -0.2) is 38.3 Å². The summed E-state index contributed by atoms with van der Waals surface area (Å²) in [7, 11) is 0. The van der Waals surface area contributed by atoms with Gasteiger partial charge in [0.05, 0.1) is 6.04 Å². The van der Waals surface area contributed by atoms with Crippen molar-refractivity contribution in [3.8, 4) is 0 Å². The monoisotopic (exact) mass is 337 g/mol. The topological polar surface area (TPSA) is 62.4 Å². The molecule has 0 bridgehead atoms. The molecule has 3 rings (SSSR count). The first kappa shape index (κ1) is 16.6. The molecule has 0 aromatic heterocycles. The fourth-order valence-electron chi connectivity index (χ4n) is 3.26. The Hall–Kier alpha value is -1.30. The Bertz CT molecular complexity index is 517. The third-order valence-corrected chi connectivity index (χ3v) is 4.80. The molecule has 0 saturated carbocycles.